The Morgan fingerprint density at radius 3 is 2.04 bits per heavy atom. The van der Waals surface area contributed by atoms with Crippen LogP contribution in [-0.2, 0) is 14.3 Å². The summed E-state index contributed by atoms with van der Waals surface area (Å²) in [6.07, 6.45) is 5.07. The molecule has 0 spiro atoms. The third kappa shape index (κ3) is 3.30. The van der Waals surface area contributed by atoms with E-state index in [-0.39, 0.29) is 17.3 Å². The van der Waals surface area contributed by atoms with Gasteiger partial charge in [-0.2, -0.15) is 0 Å². The van der Waals surface area contributed by atoms with Crippen LogP contribution >= 0.6 is 0 Å². The van der Waals surface area contributed by atoms with E-state index in [1.165, 1.54) is 7.11 Å². The molecule has 124 valence electrons. The first-order valence-electron chi connectivity index (χ1n) is 7.86. The Hall–Kier alpha value is -3.36. The molecular weight excluding hydrogens is 314 g/mol. The average molecular weight is 331 g/mol. The summed E-state index contributed by atoms with van der Waals surface area (Å²) in [6.45, 7) is 0. The molecule has 1 heterocycles. The molecule has 0 saturated carbocycles. The van der Waals surface area contributed by atoms with Crippen LogP contribution in [0.25, 0.3) is 0 Å². The van der Waals surface area contributed by atoms with Crippen LogP contribution in [0.15, 0.2) is 90.3 Å². The standard InChI is InChI=1S/C21H17NO3/c1-25-21(24)18-13-8-14-22(19(18)15-23)20(16-9-4-2-5-10-16)17-11-6-3-7-12-17/h2-14,20H,1H3. The van der Waals surface area contributed by atoms with Gasteiger partial charge in [0.2, 0.25) is 0 Å². The van der Waals surface area contributed by atoms with Crippen LogP contribution in [0.3, 0.4) is 0 Å². The molecule has 2 aromatic carbocycles. The normalized spacial score (nSPS) is 13.4. The van der Waals surface area contributed by atoms with Crippen molar-refractivity contribution in [1.29, 1.82) is 0 Å². The van der Waals surface area contributed by atoms with Gasteiger partial charge in [0, 0.05) is 6.20 Å². The second-order valence-electron chi connectivity index (χ2n) is 5.50. The van der Waals surface area contributed by atoms with E-state index in [0.29, 0.717) is 0 Å². The largest absolute Gasteiger partial charge is 0.465 e. The van der Waals surface area contributed by atoms with E-state index in [1.54, 1.807) is 23.3 Å². The van der Waals surface area contributed by atoms with E-state index in [4.69, 9.17) is 4.74 Å². The Morgan fingerprint density at radius 2 is 1.56 bits per heavy atom. The molecule has 4 nitrogen and oxygen atoms in total. The van der Waals surface area contributed by atoms with Crippen molar-refractivity contribution in [2.45, 2.75) is 6.04 Å². The van der Waals surface area contributed by atoms with Crippen molar-refractivity contribution in [3.63, 3.8) is 0 Å². The molecule has 0 radical (unpaired) electrons. The number of carbonyl (C=O) groups is 1. The Labute approximate surface area is 146 Å². The first-order valence-corrected chi connectivity index (χ1v) is 7.86. The number of methoxy groups -OCH3 is 1. The number of hydrogen-bond donors (Lipinski definition) is 0. The molecule has 0 bridgehead atoms. The van der Waals surface area contributed by atoms with E-state index in [0.717, 1.165) is 11.1 Å². The van der Waals surface area contributed by atoms with Crippen molar-refractivity contribution in [2.24, 2.45) is 0 Å². The fourth-order valence-corrected chi connectivity index (χ4v) is 2.91. The number of allylic oxidation sites excluding steroid dienone is 2. The lowest BCUT2D eigenvalue weighted by atomic mass is 9.95. The van der Waals surface area contributed by atoms with Crippen molar-refractivity contribution < 1.29 is 14.3 Å². The molecule has 25 heavy (non-hydrogen) atoms. The quantitative estimate of drug-likeness (QED) is 0.636. The number of hydrogen-bond acceptors (Lipinski definition) is 4. The highest BCUT2D eigenvalue weighted by atomic mass is 16.5. The fourth-order valence-electron chi connectivity index (χ4n) is 2.91. The molecule has 2 aromatic rings. The van der Waals surface area contributed by atoms with E-state index in [1.807, 2.05) is 66.6 Å². The summed E-state index contributed by atoms with van der Waals surface area (Å²) in [5, 5.41) is 0. The summed E-state index contributed by atoms with van der Waals surface area (Å²) in [5.41, 5.74) is 2.35. The molecular formula is C21H17NO3. The monoisotopic (exact) mass is 331 g/mol. The van der Waals surface area contributed by atoms with Crippen LogP contribution in [0.1, 0.15) is 17.2 Å². The lowest BCUT2D eigenvalue weighted by molar-refractivity contribution is -0.136. The summed E-state index contributed by atoms with van der Waals surface area (Å²) in [6, 6.07) is 19.4. The minimum atomic E-state index is -0.562. The summed E-state index contributed by atoms with van der Waals surface area (Å²) < 4.78 is 4.79. The number of nitrogens with zero attached hydrogens (tertiary/aromatic N) is 1. The average Bonchev–Trinajstić information content (AvgIpc) is 2.69. The molecule has 0 aromatic heterocycles. The molecule has 0 aliphatic carbocycles. The maximum atomic E-state index is 12.0. The molecule has 0 unspecified atom stereocenters. The zero-order valence-corrected chi connectivity index (χ0v) is 13.8. The number of rotatable bonds is 4. The first-order chi connectivity index (χ1) is 12.3. The second-order valence-corrected chi connectivity index (χ2v) is 5.50. The van der Waals surface area contributed by atoms with Crippen LogP contribution in [-0.4, -0.2) is 23.9 Å². The molecule has 4 heteroatoms. The van der Waals surface area contributed by atoms with Crippen LogP contribution < -0.4 is 0 Å². The molecule has 0 amide bonds. The summed E-state index contributed by atoms with van der Waals surface area (Å²) in [7, 11) is 1.29. The Kier molecular flexibility index (Phi) is 4.93. The Balaban J connectivity index is 2.11. The lowest BCUT2D eigenvalue weighted by Crippen LogP contribution is -2.29. The summed E-state index contributed by atoms with van der Waals surface area (Å²) >= 11 is 0. The van der Waals surface area contributed by atoms with Crippen LogP contribution in [0.5, 0.6) is 0 Å². The number of ether oxygens (including phenoxy) is 1. The van der Waals surface area contributed by atoms with Gasteiger partial charge in [0.25, 0.3) is 0 Å². The highest BCUT2D eigenvalue weighted by molar-refractivity contribution is 5.97. The smallest absolute Gasteiger partial charge is 0.340 e. The first kappa shape index (κ1) is 16.5. The van der Waals surface area contributed by atoms with E-state index in [2.05, 4.69) is 0 Å². The Bertz CT molecular complexity index is 823. The van der Waals surface area contributed by atoms with Gasteiger partial charge in [-0.25, -0.2) is 9.59 Å². The van der Waals surface area contributed by atoms with Gasteiger partial charge in [0.1, 0.15) is 5.70 Å². The zero-order chi connectivity index (χ0) is 17.6. The van der Waals surface area contributed by atoms with Crippen molar-refractivity contribution in [2.75, 3.05) is 7.11 Å². The van der Waals surface area contributed by atoms with Gasteiger partial charge in [-0.1, -0.05) is 60.7 Å². The molecule has 3 rings (SSSR count). The third-order valence-corrected chi connectivity index (χ3v) is 4.03. The van der Waals surface area contributed by atoms with Crippen LogP contribution in [0, 0.1) is 0 Å². The highest BCUT2D eigenvalue weighted by Gasteiger charge is 2.30. The van der Waals surface area contributed by atoms with Gasteiger partial charge < -0.3 is 9.64 Å². The summed E-state index contributed by atoms with van der Waals surface area (Å²) in [4.78, 5) is 25.5. The van der Waals surface area contributed by atoms with E-state index in [9.17, 15) is 9.59 Å². The molecule has 1 aliphatic heterocycles. The fraction of sp³-hybridized carbons (Fsp3) is 0.0952. The topological polar surface area (TPSA) is 46.6 Å². The minimum absolute atomic E-state index is 0.159. The number of carbonyl (C=O) groups excluding carboxylic acids is 2. The van der Waals surface area contributed by atoms with E-state index < -0.39 is 5.97 Å². The van der Waals surface area contributed by atoms with Gasteiger partial charge in [0.05, 0.1) is 18.7 Å². The van der Waals surface area contributed by atoms with Crippen molar-refractivity contribution in [3.05, 3.63) is 101 Å². The number of benzene rings is 2. The second kappa shape index (κ2) is 7.47. The third-order valence-electron chi connectivity index (χ3n) is 4.03. The lowest BCUT2D eigenvalue weighted by Gasteiger charge is -2.33. The SMILES string of the molecule is COC(=O)C1=CC=CN(C(c2ccccc2)c2ccccc2)C1=C=O. The molecule has 0 saturated heterocycles. The van der Waals surface area contributed by atoms with Gasteiger partial charge >= 0.3 is 5.97 Å². The minimum Gasteiger partial charge on any atom is -0.465 e. The molecule has 0 atom stereocenters. The molecule has 1 aliphatic rings. The van der Waals surface area contributed by atoms with Crippen molar-refractivity contribution >= 4 is 11.9 Å². The zero-order valence-electron chi connectivity index (χ0n) is 13.8. The molecule has 0 fully saturated rings. The van der Waals surface area contributed by atoms with Crippen LogP contribution in [0.2, 0.25) is 0 Å². The van der Waals surface area contributed by atoms with E-state index >= 15 is 0 Å². The van der Waals surface area contributed by atoms with Crippen LogP contribution in [0.4, 0.5) is 0 Å². The van der Waals surface area contributed by atoms with Gasteiger partial charge in [0.15, 0.2) is 5.94 Å². The summed E-state index contributed by atoms with van der Waals surface area (Å²) in [5.74, 6) is 1.35. The Morgan fingerprint density at radius 1 is 1.00 bits per heavy atom. The number of esters is 1. The predicted octanol–water partition coefficient (Wildman–Crippen LogP) is 3.42. The van der Waals surface area contributed by atoms with Crippen molar-refractivity contribution in [3.8, 4) is 0 Å². The van der Waals surface area contributed by atoms with Gasteiger partial charge in [-0.15, -0.1) is 0 Å². The maximum absolute atomic E-state index is 12.0. The van der Waals surface area contributed by atoms with Gasteiger partial charge in [-0.05, 0) is 23.3 Å². The maximum Gasteiger partial charge on any atom is 0.340 e. The van der Waals surface area contributed by atoms with Gasteiger partial charge in [-0.3, -0.25) is 0 Å². The highest BCUT2D eigenvalue weighted by Crippen LogP contribution is 2.35. The van der Waals surface area contributed by atoms with Crippen molar-refractivity contribution in [1.82, 2.24) is 4.90 Å². The predicted molar refractivity (Wildman–Crippen MR) is 95.0 cm³/mol. The molecule has 0 N–H and O–H groups in total.